The van der Waals surface area contributed by atoms with Gasteiger partial charge >= 0.3 is 0 Å². The van der Waals surface area contributed by atoms with Gasteiger partial charge in [0.25, 0.3) is 11.6 Å². The zero-order chi connectivity index (χ0) is 18.8. The summed E-state index contributed by atoms with van der Waals surface area (Å²) in [7, 11) is 0. The lowest BCUT2D eigenvalue weighted by Gasteiger charge is -2.02. The zero-order valence-corrected chi connectivity index (χ0v) is 14.3. The predicted molar refractivity (Wildman–Crippen MR) is 94.9 cm³/mol. The maximum atomic E-state index is 10.8. The van der Waals surface area contributed by atoms with E-state index in [-0.39, 0.29) is 27.5 Å². The van der Waals surface area contributed by atoms with E-state index < -0.39 is 16.4 Å². The molecule has 0 bridgehead atoms. The van der Waals surface area contributed by atoms with Gasteiger partial charge in [-0.25, -0.2) is 0 Å². The number of aromatic hydroxyl groups is 2. The zero-order valence-electron chi connectivity index (χ0n) is 12.8. The minimum atomic E-state index is -0.533. The molecule has 0 unspecified atom stereocenters. The number of hydrogen-bond donors (Lipinski definition) is 2. The van der Waals surface area contributed by atoms with Crippen LogP contribution in [-0.2, 0) is 0 Å². The fraction of sp³-hybridized carbons (Fsp3) is 0. The summed E-state index contributed by atoms with van der Waals surface area (Å²) in [6, 6.07) is 8.36. The molecule has 0 atom stereocenters. The Morgan fingerprint density at radius 1 is 1.23 bits per heavy atom. The van der Waals surface area contributed by atoms with Crippen molar-refractivity contribution >= 4 is 40.0 Å². The first-order valence-electron chi connectivity index (χ1n) is 7.02. The maximum absolute atomic E-state index is 10.8. The second kappa shape index (κ2) is 7.03. The molecule has 1 aromatic heterocycles. The van der Waals surface area contributed by atoms with Crippen LogP contribution < -0.4 is 0 Å². The predicted octanol–water partition coefficient (Wildman–Crippen LogP) is 4.45. The van der Waals surface area contributed by atoms with Gasteiger partial charge in [0.2, 0.25) is 5.89 Å². The van der Waals surface area contributed by atoms with E-state index in [1.165, 1.54) is 36.4 Å². The average Bonchev–Trinajstić information content (AvgIpc) is 3.10. The Hall–Kier alpha value is -3.10. The quantitative estimate of drug-likeness (QED) is 0.381. The van der Waals surface area contributed by atoms with Crippen molar-refractivity contribution in [1.82, 2.24) is 10.2 Å². The number of nitro groups is 1. The van der Waals surface area contributed by atoms with Gasteiger partial charge in [-0.1, -0.05) is 29.3 Å². The number of halogens is 2. The number of nitrogens with zero attached hydrogens (tertiary/aromatic N) is 3. The van der Waals surface area contributed by atoms with Gasteiger partial charge in [-0.15, -0.1) is 10.2 Å². The van der Waals surface area contributed by atoms with E-state index in [0.717, 1.165) is 0 Å². The second-order valence-corrected chi connectivity index (χ2v) is 5.90. The second-order valence-electron chi connectivity index (χ2n) is 5.08. The van der Waals surface area contributed by atoms with Crippen molar-refractivity contribution in [1.29, 1.82) is 0 Å². The van der Waals surface area contributed by atoms with Crippen LogP contribution in [0.2, 0.25) is 5.02 Å². The third-order valence-corrected chi connectivity index (χ3v) is 3.85. The monoisotopic (exact) mass is 393 g/mol. The van der Waals surface area contributed by atoms with E-state index in [1.54, 1.807) is 6.07 Å². The molecule has 1 heterocycles. The van der Waals surface area contributed by atoms with Crippen LogP contribution in [0.3, 0.4) is 0 Å². The lowest BCUT2D eigenvalue weighted by atomic mass is 10.2. The molecular formula is C16H9Cl2N3O5. The van der Waals surface area contributed by atoms with Gasteiger partial charge in [-0.2, -0.15) is 0 Å². The highest BCUT2D eigenvalue weighted by atomic mass is 35.5. The lowest BCUT2D eigenvalue weighted by molar-refractivity contribution is -0.384. The highest BCUT2D eigenvalue weighted by Crippen LogP contribution is 2.35. The molecule has 10 heteroatoms. The molecule has 0 saturated carbocycles. The summed E-state index contributed by atoms with van der Waals surface area (Å²) in [5.74, 6) is -0.819. The van der Waals surface area contributed by atoms with Crippen LogP contribution in [0, 0.1) is 10.1 Å². The topological polar surface area (TPSA) is 123 Å². The van der Waals surface area contributed by atoms with Gasteiger partial charge in [0, 0.05) is 17.7 Å². The number of nitro benzene ring substituents is 1. The van der Waals surface area contributed by atoms with Crippen molar-refractivity contribution < 1.29 is 19.6 Å². The maximum Gasteiger partial charge on any atom is 0.270 e. The smallest absolute Gasteiger partial charge is 0.270 e. The molecule has 2 N–H and O–H groups in total. The van der Waals surface area contributed by atoms with Gasteiger partial charge in [-0.05, 0) is 29.8 Å². The van der Waals surface area contributed by atoms with Crippen LogP contribution in [-0.4, -0.2) is 25.3 Å². The molecule has 0 fully saturated rings. The SMILES string of the molecule is O=[N+]([O-])c1cccc(-c2nnc(/C(Cl)=C/c3cc(O)c(O)c(Cl)c3)o2)c1. The summed E-state index contributed by atoms with van der Waals surface area (Å²) >= 11 is 11.9. The summed E-state index contributed by atoms with van der Waals surface area (Å²) in [6.45, 7) is 0. The Kier molecular flexibility index (Phi) is 4.79. The summed E-state index contributed by atoms with van der Waals surface area (Å²) in [5.41, 5.74) is 0.649. The van der Waals surface area contributed by atoms with E-state index in [1.807, 2.05) is 0 Å². The van der Waals surface area contributed by atoms with Gasteiger partial charge < -0.3 is 14.6 Å². The van der Waals surface area contributed by atoms with E-state index >= 15 is 0 Å². The Morgan fingerprint density at radius 3 is 2.69 bits per heavy atom. The lowest BCUT2D eigenvalue weighted by Crippen LogP contribution is -1.88. The molecule has 0 radical (unpaired) electrons. The number of hydrogen-bond acceptors (Lipinski definition) is 7. The fourth-order valence-electron chi connectivity index (χ4n) is 2.09. The third kappa shape index (κ3) is 3.61. The van der Waals surface area contributed by atoms with Crippen molar-refractivity contribution in [2.24, 2.45) is 0 Å². The van der Waals surface area contributed by atoms with Crippen LogP contribution in [0.5, 0.6) is 11.5 Å². The summed E-state index contributed by atoms with van der Waals surface area (Å²) < 4.78 is 5.43. The summed E-state index contributed by atoms with van der Waals surface area (Å²) in [5, 5.41) is 37.5. The Balaban J connectivity index is 1.92. The number of aromatic nitrogens is 2. The summed E-state index contributed by atoms with van der Waals surface area (Å²) in [6.07, 6.45) is 1.40. The van der Waals surface area contributed by atoms with Crippen molar-refractivity contribution in [3.63, 3.8) is 0 Å². The molecule has 0 spiro atoms. The number of benzene rings is 2. The third-order valence-electron chi connectivity index (χ3n) is 3.29. The number of non-ortho nitro benzene ring substituents is 1. The molecule has 0 aliphatic rings. The van der Waals surface area contributed by atoms with Crippen molar-refractivity contribution in [2.45, 2.75) is 0 Å². The molecule has 3 rings (SSSR count). The van der Waals surface area contributed by atoms with E-state index in [9.17, 15) is 20.3 Å². The van der Waals surface area contributed by atoms with Crippen molar-refractivity contribution in [3.8, 4) is 23.0 Å². The first-order valence-corrected chi connectivity index (χ1v) is 7.78. The standard InChI is InChI=1S/C16H9Cl2N3O5/c17-11-4-8(6-13(22)14(11)23)5-12(18)16-20-19-15(26-16)9-2-1-3-10(7-9)21(24)25/h1-7,22-23H/b12-5-. The molecule has 8 nitrogen and oxygen atoms in total. The molecular weight excluding hydrogens is 385 g/mol. The van der Waals surface area contributed by atoms with E-state index in [4.69, 9.17) is 27.6 Å². The molecule has 3 aromatic rings. The Morgan fingerprint density at radius 2 is 2.00 bits per heavy atom. The van der Waals surface area contributed by atoms with Gasteiger partial charge in [0.1, 0.15) is 5.03 Å². The van der Waals surface area contributed by atoms with Crippen LogP contribution in [0.15, 0.2) is 40.8 Å². The fourth-order valence-corrected chi connectivity index (χ4v) is 2.51. The Labute approximate surface area is 156 Å². The highest BCUT2D eigenvalue weighted by molar-refractivity contribution is 6.50. The molecule has 26 heavy (non-hydrogen) atoms. The van der Waals surface area contributed by atoms with Gasteiger partial charge in [-0.3, -0.25) is 10.1 Å². The van der Waals surface area contributed by atoms with Crippen molar-refractivity contribution in [2.75, 3.05) is 0 Å². The van der Waals surface area contributed by atoms with Crippen LogP contribution in [0.25, 0.3) is 22.6 Å². The first kappa shape index (κ1) is 17.7. The number of rotatable bonds is 4. The molecule has 132 valence electrons. The first-order chi connectivity index (χ1) is 12.3. The van der Waals surface area contributed by atoms with E-state index in [0.29, 0.717) is 11.1 Å². The van der Waals surface area contributed by atoms with Gasteiger partial charge in [0.05, 0.1) is 9.95 Å². The minimum Gasteiger partial charge on any atom is -0.504 e. The molecule has 2 aromatic carbocycles. The number of phenols is 2. The van der Waals surface area contributed by atoms with E-state index in [2.05, 4.69) is 10.2 Å². The minimum absolute atomic E-state index is 0.0307. The average molecular weight is 394 g/mol. The van der Waals surface area contributed by atoms with Crippen LogP contribution >= 0.6 is 23.2 Å². The van der Waals surface area contributed by atoms with Crippen LogP contribution in [0.4, 0.5) is 5.69 Å². The van der Waals surface area contributed by atoms with Crippen molar-refractivity contribution in [3.05, 3.63) is 63.0 Å². The normalized spacial score (nSPS) is 11.5. The molecule has 0 aliphatic carbocycles. The highest BCUT2D eigenvalue weighted by Gasteiger charge is 2.15. The molecule has 0 amide bonds. The van der Waals surface area contributed by atoms with Gasteiger partial charge in [0.15, 0.2) is 11.5 Å². The largest absolute Gasteiger partial charge is 0.504 e. The summed E-state index contributed by atoms with van der Waals surface area (Å²) in [4.78, 5) is 10.3. The molecule has 0 saturated heterocycles. The van der Waals surface area contributed by atoms with Crippen LogP contribution in [0.1, 0.15) is 11.5 Å². The number of phenolic OH excluding ortho intramolecular Hbond substituents is 2. The Bertz CT molecular complexity index is 1010. The molecule has 0 aliphatic heterocycles.